The van der Waals surface area contributed by atoms with Crippen LogP contribution in [0.4, 0.5) is 0 Å². The normalized spacial score (nSPS) is 13.7. The number of aromatic carboxylic acids is 1. The maximum Gasteiger partial charge on any atom is 0.352 e. The molecular formula is C22H31ClN4O3Si. The topological polar surface area (TPSA) is 82.2 Å². The summed E-state index contributed by atoms with van der Waals surface area (Å²) in [4.78, 5) is 15.7. The second-order valence-corrected chi connectivity index (χ2v) is 14.7. The summed E-state index contributed by atoms with van der Waals surface area (Å²) in [6, 6.07) is 5.23. The van der Waals surface area contributed by atoms with Crippen LogP contribution in [0.5, 0.6) is 0 Å². The molecule has 0 radical (unpaired) electrons. The average Bonchev–Trinajstić information content (AvgIpc) is 3.20. The molecule has 3 rings (SSSR count). The van der Waals surface area contributed by atoms with E-state index in [-0.39, 0.29) is 16.8 Å². The molecule has 3 heterocycles. The Morgan fingerprint density at radius 3 is 2.58 bits per heavy atom. The van der Waals surface area contributed by atoms with Crippen LogP contribution in [0.2, 0.25) is 23.3 Å². The minimum Gasteiger partial charge on any atom is -0.477 e. The molecule has 9 heteroatoms. The van der Waals surface area contributed by atoms with Crippen molar-refractivity contribution in [2.75, 3.05) is 6.61 Å². The fourth-order valence-electron chi connectivity index (χ4n) is 3.32. The lowest BCUT2D eigenvalue weighted by atomic mass is 10.2. The second-order valence-electron chi connectivity index (χ2n) is 9.53. The summed E-state index contributed by atoms with van der Waals surface area (Å²) in [5.74, 6) is -0.977. The smallest absolute Gasteiger partial charge is 0.352 e. The number of rotatable bonds is 7. The van der Waals surface area contributed by atoms with E-state index in [0.29, 0.717) is 17.5 Å². The quantitative estimate of drug-likeness (QED) is 0.356. The number of aromatic nitrogens is 4. The van der Waals surface area contributed by atoms with Gasteiger partial charge in [-0.1, -0.05) is 32.4 Å². The molecule has 7 nitrogen and oxygen atoms in total. The zero-order valence-electron chi connectivity index (χ0n) is 19.2. The third-order valence-electron chi connectivity index (χ3n) is 6.36. The third kappa shape index (κ3) is 4.56. The lowest BCUT2D eigenvalue weighted by Crippen LogP contribution is -2.41. The number of carboxylic acid groups (broad SMARTS) is 1. The third-order valence-corrected chi connectivity index (χ3v) is 11.1. The maximum absolute atomic E-state index is 11.5. The van der Waals surface area contributed by atoms with Gasteiger partial charge in [0.05, 0.1) is 17.3 Å². The summed E-state index contributed by atoms with van der Waals surface area (Å²) >= 11 is 6.19. The summed E-state index contributed by atoms with van der Waals surface area (Å²) < 4.78 is 9.93. The fourth-order valence-corrected chi connectivity index (χ4v) is 4.53. The van der Waals surface area contributed by atoms with Gasteiger partial charge in [0.1, 0.15) is 16.5 Å². The summed E-state index contributed by atoms with van der Waals surface area (Å²) in [7, 11) is -0.0923. The lowest BCUT2D eigenvalue weighted by molar-refractivity contribution is 0.0686. The Labute approximate surface area is 189 Å². The standard InChI is InChI=1S/C22H31ClN4O3Si/c1-14(10-11-30-31(6,7)22(2,3)4)27-18-12-19(23)24-13-15(18)20(25-27)16-8-9-17(21(28)29)26(16)5/h8-9,12-14H,10-11H2,1-7H3,(H,28,29)/t14-/m0/s1. The molecule has 0 aliphatic carbocycles. The Morgan fingerprint density at radius 2 is 2.00 bits per heavy atom. The van der Waals surface area contributed by atoms with Gasteiger partial charge in [-0.2, -0.15) is 5.10 Å². The van der Waals surface area contributed by atoms with E-state index in [9.17, 15) is 9.90 Å². The van der Waals surface area contributed by atoms with Crippen molar-refractivity contribution < 1.29 is 14.3 Å². The van der Waals surface area contributed by atoms with E-state index in [1.165, 1.54) is 0 Å². The molecule has 0 aliphatic rings. The van der Waals surface area contributed by atoms with E-state index in [0.717, 1.165) is 23.0 Å². The second kappa shape index (κ2) is 8.41. The lowest BCUT2D eigenvalue weighted by Gasteiger charge is -2.36. The highest BCUT2D eigenvalue weighted by molar-refractivity contribution is 6.74. The van der Waals surface area contributed by atoms with Crippen LogP contribution in [0.1, 0.15) is 50.6 Å². The number of carboxylic acids is 1. The largest absolute Gasteiger partial charge is 0.477 e. The van der Waals surface area contributed by atoms with Gasteiger partial charge in [-0.25, -0.2) is 9.78 Å². The molecule has 168 valence electrons. The molecule has 0 bridgehead atoms. The van der Waals surface area contributed by atoms with Crippen molar-refractivity contribution in [3.63, 3.8) is 0 Å². The van der Waals surface area contributed by atoms with Crippen molar-refractivity contribution in [3.05, 3.63) is 35.2 Å². The van der Waals surface area contributed by atoms with E-state index in [2.05, 4.69) is 45.8 Å². The molecule has 0 unspecified atom stereocenters. The Kier molecular flexibility index (Phi) is 6.37. The summed E-state index contributed by atoms with van der Waals surface area (Å²) in [6.07, 6.45) is 2.50. The molecule has 0 aliphatic heterocycles. The molecule has 1 N–H and O–H groups in total. The van der Waals surface area contributed by atoms with Crippen molar-refractivity contribution in [1.29, 1.82) is 0 Å². The molecule has 3 aromatic rings. The highest BCUT2D eigenvalue weighted by Crippen LogP contribution is 2.37. The number of carbonyl (C=O) groups is 1. The Balaban J connectivity index is 1.94. The van der Waals surface area contributed by atoms with E-state index >= 15 is 0 Å². The van der Waals surface area contributed by atoms with E-state index in [1.54, 1.807) is 36.0 Å². The monoisotopic (exact) mass is 462 g/mol. The molecule has 0 aromatic carbocycles. The predicted molar refractivity (Wildman–Crippen MR) is 126 cm³/mol. The molecule has 0 amide bonds. The molecule has 31 heavy (non-hydrogen) atoms. The van der Waals surface area contributed by atoms with Crippen molar-refractivity contribution in [1.82, 2.24) is 19.3 Å². The molecule has 0 fully saturated rings. The highest BCUT2D eigenvalue weighted by atomic mass is 35.5. The van der Waals surface area contributed by atoms with Gasteiger partial charge >= 0.3 is 5.97 Å². The van der Waals surface area contributed by atoms with Gasteiger partial charge in [0.15, 0.2) is 8.32 Å². The SMILES string of the molecule is C[C@@H](CCO[Si](C)(C)C(C)(C)C)n1nc(-c2ccc(C(=O)O)n2C)c2cnc(Cl)cc21. The minimum atomic E-state index is -1.82. The number of pyridine rings is 1. The number of hydrogen-bond donors (Lipinski definition) is 1. The number of halogens is 1. The van der Waals surface area contributed by atoms with E-state index < -0.39 is 14.3 Å². The fraction of sp³-hybridized carbons (Fsp3) is 0.500. The zero-order valence-corrected chi connectivity index (χ0v) is 21.0. The van der Waals surface area contributed by atoms with Crippen LogP contribution < -0.4 is 0 Å². The van der Waals surface area contributed by atoms with Gasteiger partial charge in [0.2, 0.25) is 0 Å². The van der Waals surface area contributed by atoms with Crippen LogP contribution in [-0.2, 0) is 11.5 Å². The predicted octanol–water partition coefficient (Wildman–Crippen LogP) is 5.76. The molecule has 3 aromatic heterocycles. The van der Waals surface area contributed by atoms with Crippen LogP contribution in [0.3, 0.4) is 0 Å². The van der Waals surface area contributed by atoms with Gasteiger partial charge < -0.3 is 14.1 Å². The minimum absolute atomic E-state index is 0.0682. The molecule has 1 atom stereocenters. The first kappa shape index (κ1) is 23.5. The average molecular weight is 463 g/mol. The van der Waals surface area contributed by atoms with Gasteiger partial charge in [0, 0.05) is 31.3 Å². The van der Waals surface area contributed by atoms with E-state index in [4.69, 9.17) is 21.1 Å². The molecule has 0 saturated carbocycles. The Bertz CT molecular complexity index is 1110. The van der Waals surface area contributed by atoms with E-state index in [1.807, 2.05) is 4.68 Å². The number of nitrogens with zero attached hydrogens (tertiary/aromatic N) is 4. The van der Waals surface area contributed by atoms with Crippen LogP contribution in [-0.4, -0.2) is 45.3 Å². The summed E-state index contributed by atoms with van der Waals surface area (Å²) in [6.45, 7) is 14.0. The van der Waals surface area contributed by atoms with Crippen LogP contribution in [0.15, 0.2) is 24.4 Å². The van der Waals surface area contributed by atoms with Gasteiger partial charge in [-0.3, -0.25) is 4.68 Å². The van der Waals surface area contributed by atoms with Gasteiger partial charge in [-0.15, -0.1) is 0 Å². The van der Waals surface area contributed by atoms with Crippen LogP contribution in [0, 0.1) is 0 Å². The Morgan fingerprint density at radius 1 is 1.32 bits per heavy atom. The summed E-state index contributed by atoms with van der Waals surface area (Å²) in [5.41, 5.74) is 2.48. The van der Waals surface area contributed by atoms with Crippen molar-refractivity contribution >= 4 is 36.8 Å². The maximum atomic E-state index is 11.5. The van der Waals surface area contributed by atoms with Gasteiger partial charge in [0.25, 0.3) is 0 Å². The highest BCUT2D eigenvalue weighted by Gasteiger charge is 2.37. The molecular weight excluding hydrogens is 432 g/mol. The first-order valence-electron chi connectivity index (χ1n) is 10.4. The van der Waals surface area contributed by atoms with Crippen LogP contribution >= 0.6 is 11.6 Å². The molecule has 0 saturated heterocycles. The van der Waals surface area contributed by atoms with Crippen molar-refractivity contribution in [3.8, 4) is 11.4 Å². The van der Waals surface area contributed by atoms with Crippen molar-refractivity contribution in [2.45, 2.75) is 58.3 Å². The Hall–Kier alpha value is -2.16. The van der Waals surface area contributed by atoms with Crippen molar-refractivity contribution in [2.24, 2.45) is 7.05 Å². The molecule has 0 spiro atoms. The summed E-state index contributed by atoms with van der Waals surface area (Å²) in [5, 5.41) is 15.6. The zero-order chi connectivity index (χ0) is 23.1. The first-order chi connectivity index (χ1) is 14.3. The number of fused-ring (bicyclic) bond motifs is 1. The number of hydrogen-bond acceptors (Lipinski definition) is 4. The van der Waals surface area contributed by atoms with Gasteiger partial charge in [-0.05, 0) is 43.6 Å². The van der Waals surface area contributed by atoms with Crippen LogP contribution in [0.25, 0.3) is 22.3 Å². The first-order valence-corrected chi connectivity index (χ1v) is 13.7.